The molecule has 4 heteroatoms. The van der Waals surface area contributed by atoms with Gasteiger partial charge >= 0.3 is 0 Å². The Kier molecular flexibility index (Phi) is 2.84. The molecule has 2 rings (SSSR count). The van der Waals surface area contributed by atoms with E-state index in [4.69, 9.17) is 0 Å². The molecule has 0 spiro atoms. The summed E-state index contributed by atoms with van der Waals surface area (Å²) in [6.07, 6.45) is 1.21. The third kappa shape index (κ3) is 2.16. The molecular formula is C12H19N3O. The normalized spacial score (nSPS) is 25.5. The molecule has 1 saturated carbocycles. The van der Waals surface area contributed by atoms with Crippen molar-refractivity contribution in [2.45, 2.75) is 46.2 Å². The molecule has 0 amide bonds. The summed E-state index contributed by atoms with van der Waals surface area (Å²) < 4.78 is 0. The van der Waals surface area contributed by atoms with Crippen molar-refractivity contribution in [3.8, 4) is 0 Å². The van der Waals surface area contributed by atoms with Crippen LogP contribution in [0.3, 0.4) is 0 Å². The Morgan fingerprint density at radius 1 is 1.50 bits per heavy atom. The minimum atomic E-state index is -0.0155. The lowest BCUT2D eigenvalue weighted by molar-refractivity contribution is 0.542. The number of aromatic amines is 1. The SMILES string of the molecule is Cc1nc(C)c(C(C)NC2CC2C)c(=O)[nH]1. The van der Waals surface area contributed by atoms with Crippen LogP contribution >= 0.6 is 0 Å². The Labute approximate surface area is 95.5 Å². The molecule has 0 aromatic carbocycles. The quantitative estimate of drug-likeness (QED) is 0.812. The van der Waals surface area contributed by atoms with Gasteiger partial charge in [0.25, 0.3) is 5.56 Å². The Morgan fingerprint density at radius 3 is 2.62 bits per heavy atom. The number of hydrogen-bond donors (Lipinski definition) is 2. The largest absolute Gasteiger partial charge is 0.310 e. The number of aromatic nitrogens is 2. The van der Waals surface area contributed by atoms with Crippen LogP contribution in [0.15, 0.2) is 4.79 Å². The summed E-state index contributed by atoms with van der Waals surface area (Å²) in [5.74, 6) is 1.42. The Bertz CT molecular complexity index is 452. The molecule has 1 heterocycles. The van der Waals surface area contributed by atoms with E-state index >= 15 is 0 Å². The second-order valence-electron chi connectivity index (χ2n) is 4.86. The van der Waals surface area contributed by atoms with Crippen molar-refractivity contribution >= 4 is 0 Å². The lowest BCUT2D eigenvalue weighted by Crippen LogP contribution is -2.29. The van der Waals surface area contributed by atoms with Crippen molar-refractivity contribution in [1.29, 1.82) is 0 Å². The minimum absolute atomic E-state index is 0.0155. The molecule has 1 aromatic rings. The first-order valence-corrected chi connectivity index (χ1v) is 5.82. The fourth-order valence-electron chi connectivity index (χ4n) is 2.20. The highest BCUT2D eigenvalue weighted by molar-refractivity contribution is 5.20. The zero-order valence-corrected chi connectivity index (χ0v) is 10.3. The predicted octanol–water partition coefficient (Wildman–Crippen LogP) is 1.45. The third-order valence-corrected chi connectivity index (χ3v) is 3.27. The summed E-state index contributed by atoms with van der Waals surface area (Å²) in [6.45, 7) is 7.94. The van der Waals surface area contributed by atoms with Crippen LogP contribution in [0.1, 0.15) is 43.4 Å². The topological polar surface area (TPSA) is 57.8 Å². The number of hydrogen-bond acceptors (Lipinski definition) is 3. The van der Waals surface area contributed by atoms with Gasteiger partial charge in [0.1, 0.15) is 5.82 Å². The monoisotopic (exact) mass is 221 g/mol. The highest BCUT2D eigenvalue weighted by Crippen LogP contribution is 2.31. The van der Waals surface area contributed by atoms with E-state index in [-0.39, 0.29) is 11.6 Å². The smallest absolute Gasteiger partial charge is 0.255 e. The number of nitrogens with one attached hydrogen (secondary N) is 2. The van der Waals surface area contributed by atoms with Gasteiger partial charge in [-0.3, -0.25) is 4.79 Å². The minimum Gasteiger partial charge on any atom is -0.310 e. The summed E-state index contributed by atoms with van der Waals surface area (Å²) in [4.78, 5) is 18.9. The maximum atomic E-state index is 11.9. The van der Waals surface area contributed by atoms with E-state index < -0.39 is 0 Å². The molecule has 0 saturated heterocycles. The fraction of sp³-hybridized carbons (Fsp3) is 0.667. The number of H-pyrrole nitrogens is 1. The zero-order chi connectivity index (χ0) is 11.9. The fourth-order valence-corrected chi connectivity index (χ4v) is 2.20. The first-order valence-electron chi connectivity index (χ1n) is 5.82. The van der Waals surface area contributed by atoms with Gasteiger partial charge in [0, 0.05) is 17.8 Å². The number of nitrogens with zero attached hydrogens (tertiary/aromatic N) is 1. The molecule has 16 heavy (non-hydrogen) atoms. The van der Waals surface area contributed by atoms with Gasteiger partial charge in [-0.2, -0.15) is 0 Å². The van der Waals surface area contributed by atoms with E-state index in [1.54, 1.807) is 6.92 Å². The summed E-state index contributed by atoms with van der Waals surface area (Å²) in [5.41, 5.74) is 1.58. The van der Waals surface area contributed by atoms with Crippen LogP contribution < -0.4 is 10.9 Å². The molecule has 1 aromatic heterocycles. The van der Waals surface area contributed by atoms with Gasteiger partial charge in [-0.1, -0.05) is 6.92 Å². The summed E-state index contributed by atoms with van der Waals surface area (Å²) in [6, 6.07) is 0.641. The molecular weight excluding hydrogens is 202 g/mol. The Balaban J connectivity index is 2.22. The summed E-state index contributed by atoms with van der Waals surface area (Å²) >= 11 is 0. The molecule has 2 N–H and O–H groups in total. The molecule has 3 unspecified atom stereocenters. The van der Waals surface area contributed by atoms with Crippen molar-refractivity contribution in [2.75, 3.05) is 0 Å². The van der Waals surface area contributed by atoms with Crippen LogP contribution in [0.5, 0.6) is 0 Å². The molecule has 1 aliphatic rings. The summed E-state index contributed by atoms with van der Waals surface area (Å²) in [5, 5.41) is 3.46. The molecule has 3 atom stereocenters. The molecule has 0 radical (unpaired) electrons. The molecule has 0 bridgehead atoms. The lowest BCUT2D eigenvalue weighted by atomic mass is 10.1. The van der Waals surface area contributed by atoms with Crippen LogP contribution in [0.4, 0.5) is 0 Å². The predicted molar refractivity (Wildman–Crippen MR) is 63.5 cm³/mol. The Hall–Kier alpha value is -1.16. The molecule has 4 nitrogen and oxygen atoms in total. The van der Waals surface area contributed by atoms with Crippen LogP contribution in [0.2, 0.25) is 0 Å². The maximum absolute atomic E-state index is 11.9. The van der Waals surface area contributed by atoms with Gasteiger partial charge in [-0.25, -0.2) is 4.98 Å². The molecule has 1 fully saturated rings. The van der Waals surface area contributed by atoms with E-state index in [1.165, 1.54) is 6.42 Å². The maximum Gasteiger partial charge on any atom is 0.255 e. The van der Waals surface area contributed by atoms with Crippen molar-refractivity contribution in [3.63, 3.8) is 0 Å². The van der Waals surface area contributed by atoms with Crippen molar-refractivity contribution in [3.05, 3.63) is 27.4 Å². The van der Waals surface area contributed by atoms with Gasteiger partial charge in [-0.05, 0) is 33.1 Å². The van der Waals surface area contributed by atoms with Gasteiger partial charge < -0.3 is 10.3 Å². The first-order chi connectivity index (χ1) is 7.49. The lowest BCUT2D eigenvalue weighted by Gasteiger charge is -2.15. The second-order valence-corrected chi connectivity index (χ2v) is 4.86. The average Bonchev–Trinajstić information content (AvgIpc) is 2.79. The van der Waals surface area contributed by atoms with Crippen LogP contribution in [-0.2, 0) is 0 Å². The first kappa shape index (κ1) is 11.3. The van der Waals surface area contributed by atoms with E-state index in [0.29, 0.717) is 11.9 Å². The Morgan fingerprint density at radius 2 is 2.12 bits per heavy atom. The average molecular weight is 221 g/mol. The van der Waals surface area contributed by atoms with E-state index in [2.05, 4.69) is 22.2 Å². The van der Waals surface area contributed by atoms with Crippen molar-refractivity contribution in [2.24, 2.45) is 5.92 Å². The van der Waals surface area contributed by atoms with E-state index in [9.17, 15) is 4.79 Å². The van der Waals surface area contributed by atoms with Gasteiger partial charge in [0.15, 0.2) is 0 Å². The molecule has 88 valence electrons. The van der Waals surface area contributed by atoms with E-state index in [1.807, 2.05) is 13.8 Å². The van der Waals surface area contributed by atoms with Crippen molar-refractivity contribution < 1.29 is 0 Å². The van der Waals surface area contributed by atoms with Crippen LogP contribution in [0, 0.1) is 19.8 Å². The van der Waals surface area contributed by atoms with Crippen molar-refractivity contribution in [1.82, 2.24) is 15.3 Å². The van der Waals surface area contributed by atoms with Gasteiger partial charge in [-0.15, -0.1) is 0 Å². The highest BCUT2D eigenvalue weighted by atomic mass is 16.1. The highest BCUT2D eigenvalue weighted by Gasteiger charge is 2.34. The number of aryl methyl sites for hydroxylation is 2. The van der Waals surface area contributed by atoms with Crippen LogP contribution in [-0.4, -0.2) is 16.0 Å². The standard InChI is InChI=1S/C12H19N3O/c1-6-5-10(6)14-8(3)11-7(2)13-9(4)15-12(11)16/h6,8,10,14H,5H2,1-4H3,(H,13,15,16). The van der Waals surface area contributed by atoms with Crippen LogP contribution in [0.25, 0.3) is 0 Å². The number of rotatable bonds is 3. The molecule has 1 aliphatic carbocycles. The van der Waals surface area contributed by atoms with Gasteiger partial charge in [0.05, 0.1) is 5.56 Å². The third-order valence-electron chi connectivity index (χ3n) is 3.27. The van der Waals surface area contributed by atoms with E-state index in [0.717, 1.165) is 17.2 Å². The van der Waals surface area contributed by atoms with Gasteiger partial charge in [0.2, 0.25) is 0 Å². The zero-order valence-electron chi connectivity index (χ0n) is 10.3. The molecule has 0 aliphatic heterocycles. The summed E-state index contributed by atoms with van der Waals surface area (Å²) in [7, 11) is 0. The second kappa shape index (κ2) is 4.01.